The van der Waals surface area contributed by atoms with Gasteiger partial charge in [0.15, 0.2) is 0 Å². The van der Waals surface area contributed by atoms with Crippen LogP contribution in [0.1, 0.15) is 55.1 Å². The molecule has 0 bridgehead atoms. The van der Waals surface area contributed by atoms with E-state index < -0.39 is 5.97 Å². The van der Waals surface area contributed by atoms with Crippen LogP contribution in [0.3, 0.4) is 0 Å². The largest absolute Gasteiger partial charge is 0.481 e. The molecule has 1 aromatic rings. The quantitative estimate of drug-likeness (QED) is 0.862. The summed E-state index contributed by atoms with van der Waals surface area (Å²) < 4.78 is 0. The van der Waals surface area contributed by atoms with Crippen molar-refractivity contribution in [1.29, 1.82) is 0 Å². The van der Waals surface area contributed by atoms with Gasteiger partial charge in [-0.05, 0) is 48.6 Å². The molecule has 3 rings (SSSR count). The summed E-state index contributed by atoms with van der Waals surface area (Å²) in [7, 11) is 0. The van der Waals surface area contributed by atoms with E-state index in [0.29, 0.717) is 5.92 Å². The third-order valence-electron chi connectivity index (χ3n) is 4.53. The lowest BCUT2D eigenvalue weighted by Crippen LogP contribution is -2.32. The van der Waals surface area contributed by atoms with Crippen LogP contribution in [0, 0.1) is 5.92 Å². The molecule has 17 heavy (non-hydrogen) atoms. The lowest BCUT2D eigenvalue weighted by atomic mass is 9.66. The van der Waals surface area contributed by atoms with Crippen molar-refractivity contribution in [2.24, 2.45) is 5.92 Å². The third kappa shape index (κ3) is 1.76. The molecular formula is C15H18O2. The zero-order chi connectivity index (χ0) is 11.8. The van der Waals surface area contributed by atoms with Gasteiger partial charge in [-0.3, -0.25) is 4.79 Å². The maximum absolute atomic E-state index is 11.1. The summed E-state index contributed by atoms with van der Waals surface area (Å²) in [5, 5.41) is 9.17. The van der Waals surface area contributed by atoms with Crippen LogP contribution in [0.5, 0.6) is 0 Å². The van der Waals surface area contributed by atoms with E-state index in [9.17, 15) is 4.79 Å². The Morgan fingerprint density at radius 1 is 1.06 bits per heavy atom. The van der Waals surface area contributed by atoms with E-state index in [1.807, 2.05) is 0 Å². The topological polar surface area (TPSA) is 37.3 Å². The van der Waals surface area contributed by atoms with Crippen molar-refractivity contribution in [2.75, 3.05) is 0 Å². The molecular weight excluding hydrogens is 212 g/mol. The van der Waals surface area contributed by atoms with Crippen LogP contribution in [0.4, 0.5) is 0 Å². The van der Waals surface area contributed by atoms with Crippen molar-refractivity contribution in [1.82, 2.24) is 0 Å². The van der Waals surface area contributed by atoms with E-state index in [1.165, 1.54) is 30.4 Å². The third-order valence-corrected chi connectivity index (χ3v) is 4.53. The number of benzene rings is 1. The van der Waals surface area contributed by atoms with E-state index in [2.05, 4.69) is 24.3 Å². The molecule has 2 nitrogen and oxygen atoms in total. The first-order valence-electron chi connectivity index (χ1n) is 6.59. The fourth-order valence-corrected chi connectivity index (χ4v) is 3.11. The molecule has 0 amide bonds. The molecule has 0 radical (unpaired) electrons. The Kier molecular flexibility index (Phi) is 2.65. The first-order chi connectivity index (χ1) is 8.27. The van der Waals surface area contributed by atoms with Gasteiger partial charge in [0.2, 0.25) is 0 Å². The number of hydrogen-bond acceptors (Lipinski definition) is 1. The standard InChI is InChI=1S/C15H18O2/c16-15(17)14-9-8-13(14)12-7-2-1-6-11(12)10-4-3-5-10/h1-2,6-7,10,13-14H,3-5,8-9H2,(H,16,17). The van der Waals surface area contributed by atoms with Crippen LogP contribution in [-0.4, -0.2) is 11.1 Å². The normalized spacial score (nSPS) is 28.2. The molecule has 0 saturated heterocycles. The van der Waals surface area contributed by atoms with Gasteiger partial charge in [-0.15, -0.1) is 0 Å². The monoisotopic (exact) mass is 230 g/mol. The Morgan fingerprint density at radius 3 is 2.24 bits per heavy atom. The summed E-state index contributed by atoms with van der Waals surface area (Å²) in [5.41, 5.74) is 2.74. The van der Waals surface area contributed by atoms with Crippen molar-refractivity contribution in [3.63, 3.8) is 0 Å². The van der Waals surface area contributed by atoms with Crippen molar-refractivity contribution >= 4 is 5.97 Å². The average molecular weight is 230 g/mol. The van der Waals surface area contributed by atoms with Crippen LogP contribution < -0.4 is 0 Å². The first-order valence-corrected chi connectivity index (χ1v) is 6.59. The number of rotatable bonds is 3. The van der Waals surface area contributed by atoms with E-state index >= 15 is 0 Å². The molecule has 2 aliphatic rings. The SMILES string of the molecule is O=C(O)C1CCC1c1ccccc1C1CCC1. The van der Waals surface area contributed by atoms with Crippen LogP contribution in [0.15, 0.2) is 24.3 Å². The minimum Gasteiger partial charge on any atom is -0.481 e. The number of aliphatic carboxylic acids is 1. The molecule has 2 saturated carbocycles. The van der Waals surface area contributed by atoms with Gasteiger partial charge in [-0.1, -0.05) is 30.7 Å². The molecule has 2 aliphatic carbocycles. The predicted octanol–water partition coefficient (Wildman–Crippen LogP) is 3.53. The number of carbonyl (C=O) groups is 1. The van der Waals surface area contributed by atoms with Crippen molar-refractivity contribution in [3.8, 4) is 0 Å². The summed E-state index contributed by atoms with van der Waals surface area (Å²) in [6, 6.07) is 8.49. The molecule has 2 fully saturated rings. The molecule has 2 unspecified atom stereocenters. The summed E-state index contributed by atoms with van der Waals surface area (Å²) in [4.78, 5) is 11.1. The molecule has 1 aromatic carbocycles. The fourth-order valence-electron chi connectivity index (χ4n) is 3.11. The molecule has 2 atom stereocenters. The van der Waals surface area contributed by atoms with Crippen LogP contribution in [0.25, 0.3) is 0 Å². The Bertz CT molecular complexity index is 434. The lowest BCUT2D eigenvalue weighted by molar-refractivity contribution is -0.145. The van der Waals surface area contributed by atoms with Gasteiger partial charge in [0.05, 0.1) is 5.92 Å². The number of hydrogen-bond donors (Lipinski definition) is 1. The van der Waals surface area contributed by atoms with E-state index in [1.54, 1.807) is 0 Å². The maximum atomic E-state index is 11.1. The Labute approximate surface area is 102 Å². The summed E-state index contributed by atoms with van der Waals surface area (Å²) >= 11 is 0. The van der Waals surface area contributed by atoms with Crippen LogP contribution >= 0.6 is 0 Å². The zero-order valence-electron chi connectivity index (χ0n) is 9.93. The van der Waals surface area contributed by atoms with Gasteiger partial charge in [-0.25, -0.2) is 0 Å². The Morgan fingerprint density at radius 2 is 1.76 bits per heavy atom. The van der Waals surface area contributed by atoms with Crippen molar-refractivity contribution in [3.05, 3.63) is 35.4 Å². The maximum Gasteiger partial charge on any atom is 0.307 e. The predicted molar refractivity (Wildman–Crippen MR) is 66.1 cm³/mol. The van der Waals surface area contributed by atoms with E-state index in [0.717, 1.165) is 12.8 Å². The van der Waals surface area contributed by atoms with Gasteiger partial charge in [-0.2, -0.15) is 0 Å². The first kappa shape index (κ1) is 10.8. The van der Waals surface area contributed by atoms with Crippen LogP contribution in [-0.2, 0) is 4.79 Å². The highest BCUT2D eigenvalue weighted by atomic mass is 16.4. The van der Waals surface area contributed by atoms with Gasteiger partial charge in [0.25, 0.3) is 0 Å². The Hall–Kier alpha value is -1.31. The molecule has 0 spiro atoms. The highest BCUT2D eigenvalue weighted by molar-refractivity contribution is 5.73. The van der Waals surface area contributed by atoms with Crippen molar-refractivity contribution in [2.45, 2.75) is 43.9 Å². The minimum absolute atomic E-state index is 0.142. The highest BCUT2D eigenvalue weighted by Crippen LogP contribution is 2.47. The van der Waals surface area contributed by atoms with Gasteiger partial charge < -0.3 is 5.11 Å². The second-order valence-electron chi connectivity index (χ2n) is 5.39. The second-order valence-corrected chi connectivity index (χ2v) is 5.39. The fraction of sp³-hybridized carbons (Fsp3) is 0.533. The molecule has 0 heterocycles. The lowest BCUT2D eigenvalue weighted by Gasteiger charge is -2.37. The van der Waals surface area contributed by atoms with E-state index in [-0.39, 0.29) is 11.8 Å². The summed E-state index contributed by atoms with van der Waals surface area (Å²) in [6.45, 7) is 0. The Balaban J connectivity index is 1.89. The second kappa shape index (κ2) is 4.17. The van der Waals surface area contributed by atoms with E-state index in [4.69, 9.17) is 5.11 Å². The molecule has 90 valence electrons. The average Bonchev–Trinajstić information content (AvgIpc) is 2.15. The van der Waals surface area contributed by atoms with Gasteiger partial charge >= 0.3 is 5.97 Å². The zero-order valence-corrected chi connectivity index (χ0v) is 9.93. The smallest absolute Gasteiger partial charge is 0.307 e. The highest BCUT2D eigenvalue weighted by Gasteiger charge is 2.39. The van der Waals surface area contributed by atoms with Gasteiger partial charge in [0.1, 0.15) is 0 Å². The van der Waals surface area contributed by atoms with Crippen molar-refractivity contribution < 1.29 is 9.90 Å². The molecule has 2 heteroatoms. The number of carboxylic acid groups (broad SMARTS) is 1. The minimum atomic E-state index is -0.621. The molecule has 0 aromatic heterocycles. The molecule has 0 aliphatic heterocycles. The van der Waals surface area contributed by atoms with Gasteiger partial charge in [0, 0.05) is 0 Å². The van der Waals surface area contributed by atoms with Crippen LogP contribution in [0.2, 0.25) is 0 Å². The summed E-state index contributed by atoms with van der Waals surface area (Å²) in [5.74, 6) is 0.200. The molecule has 1 N–H and O–H groups in total. The number of carboxylic acids is 1. The summed E-state index contributed by atoms with van der Waals surface area (Å²) in [6.07, 6.45) is 5.77.